The molecule has 136 valence electrons. The van der Waals surface area contributed by atoms with Crippen LogP contribution < -0.4 is 10.6 Å². The highest BCUT2D eigenvalue weighted by Gasteiger charge is 2.41. The van der Waals surface area contributed by atoms with Crippen molar-refractivity contribution in [2.45, 2.75) is 44.7 Å². The van der Waals surface area contributed by atoms with E-state index in [1.807, 2.05) is 0 Å². The SMILES string of the molecule is Cc1cccc(N2CCC(N3C[C@H]4CC[C@@H](C3)C4N)CC2)c1.Cl.Cl. The molecule has 2 N–H and O–H groups in total. The molecular weight excluding hydrogens is 341 g/mol. The van der Waals surface area contributed by atoms with Crippen LogP contribution in [-0.2, 0) is 0 Å². The third kappa shape index (κ3) is 3.85. The summed E-state index contributed by atoms with van der Waals surface area (Å²) in [4.78, 5) is 5.34. The minimum Gasteiger partial charge on any atom is -0.371 e. The van der Waals surface area contributed by atoms with Crippen molar-refractivity contribution in [2.24, 2.45) is 17.6 Å². The Morgan fingerprint density at radius 2 is 1.58 bits per heavy atom. The van der Waals surface area contributed by atoms with E-state index in [4.69, 9.17) is 5.73 Å². The second-order valence-electron chi connectivity index (χ2n) is 7.69. The van der Waals surface area contributed by atoms with E-state index in [1.54, 1.807) is 0 Å². The van der Waals surface area contributed by atoms with Crippen molar-refractivity contribution in [3.05, 3.63) is 29.8 Å². The molecular formula is C19H31Cl2N3. The van der Waals surface area contributed by atoms with E-state index in [-0.39, 0.29) is 24.8 Å². The minimum atomic E-state index is 0. The van der Waals surface area contributed by atoms with Gasteiger partial charge < -0.3 is 10.6 Å². The summed E-state index contributed by atoms with van der Waals surface area (Å²) in [5.74, 6) is 1.54. The number of hydrogen-bond donors (Lipinski definition) is 1. The zero-order valence-corrected chi connectivity index (χ0v) is 16.2. The summed E-state index contributed by atoms with van der Waals surface area (Å²) in [6.07, 6.45) is 5.35. The minimum absolute atomic E-state index is 0. The molecule has 3 aliphatic rings. The maximum Gasteiger partial charge on any atom is 0.0368 e. The fourth-order valence-corrected chi connectivity index (χ4v) is 4.91. The van der Waals surface area contributed by atoms with Gasteiger partial charge in [0, 0.05) is 44.0 Å². The zero-order valence-electron chi connectivity index (χ0n) is 14.6. The summed E-state index contributed by atoms with van der Waals surface area (Å²) < 4.78 is 0. The summed E-state index contributed by atoms with van der Waals surface area (Å²) in [5.41, 5.74) is 9.12. The summed E-state index contributed by atoms with van der Waals surface area (Å²) in [6.45, 7) is 7.10. The fourth-order valence-electron chi connectivity index (χ4n) is 4.91. The molecule has 3 nitrogen and oxygen atoms in total. The Kier molecular flexibility index (Phi) is 6.83. The molecule has 1 aromatic rings. The molecule has 2 heterocycles. The van der Waals surface area contributed by atoms with Crippen LogP contribution >= 0.6 is 24.8 Å². The second kappa shape index (κ2) is 8.27. The molecule has 3 fully saturated rings. The van der Waals surface area contributed by atoms with Crippen LogP contribution in [0.1, 0.15) is 31.2 Å². The Morgan fingerprint density at radius 3 is 2.17 bits per heavy atom. The number of hydrogen-bond acceptors (Lipinski definition) is 3. The Balaban J connectivity index is 0.00000104. The third-order valence-corrected chi connectivity index (χ3v) is 6.28. The molecule has 1 aromatic carbocycles. The lowest BCUT2D eigenvalue weighted by Crippen LogP contribution is -2.54. The molecule has 1 saturated carbocycles. The van der Waals surface area contributed by atoms with E-state index in [2.05, 4.69) is 41.0 Å². The maximum absolute atomic E-state index is 6.35. The summed E-state index contributed by atoms with van der Waals surface area (Å²) in [5, 5.41) is 0. The molecule has 2 aliphatic heterocycles. The number of halogens is 2. The van der Waals surface area contributed by atoms with Crippen LogP contribution in [0.25, 0.3) is 0 Å². The molecule has 0 radical (unpaired) electrons. The third-order valence-electron chi connectivity index (χ3n) is 6.28. The van der Waals surface area contributed by atoms with Crippen molar-refractivity contribution < 1.29 is 0 Å². The van der Waals surface area contributed by atoms with Crippen LogP contribution in [-0.4, -0.2) is 43.2 Å². The van der Waals surface area contributed by atoms with Crippen LogP contribution in [0.5, 0.6) is 0 Å². The summed E-state index contributed by atoms with van der Waals surface area (Å²) in [6, 6.07) is 10.2. The van der Waals surface area contributed by atoms with Crippen LogP contribution in [0.2, 0.25) is 0 Å². The van der Waals surface area contributed by atoms with Crippen molar-refractivity contribution in [3.63, 3.8) is 0 Å². The predicted octanol–water partition coefficient (Wildman–Crippen LogP) is 3.48. The number of fused-ring (bicyclic) bond motifs is 2. The lowest BCUT2D eigenvalue weighted by molar-refractivity contribution is 0.0879. The van der Waals surface area contributed by atoms with Gasteiger partial charge in [-0.2, -0.15) is 0 Å². The van der Waals surface area contributed by atoms with Crippen molar-refractivity contribution >= 4 is 30.5 Å². The first-order valence-electron chi connectivity index (χ1n) is 9.02. The fraction of sp³-hybridized carbons (Fsp3) is 0.684. The van der Waals surface area contributed by atoms with Crippen molar-refractivity contribution in [1.29, 1.82) is 0 Å². The first-order valence-corrected chi connectivity index (χ1v) is 9.02. The molecule has 2 saturated heterocycles. The molecule has 0 spiro atoms. The van der Waals surface area contributed by atoms with Gasteiger partial charge in [-0.25, -0.2) is 0 Å². The van der Waals surface area contributed by atoms with Gasteiger partial charge in [0.15, 0.2) is 0 Å². The highest BCUT2D eigenvalue weighted by Crippen LogP contribution is 2.37. The van der Waals surface area contributed by atoms with Gasteiger partial charge >= 0.3 is 0 Å². The van der Waals surface area contributed by atoms with Gasteiger partial charge in [0.2, 0.25) is 0 Å². The van der Waals surface area contributed by atoms with E-state index < -0.39 is 0 Å². The molecule has 5 heteroatoms. The topological polar surface area (TPSA) is 32.5 Å². The number of nitrogens with zero attached hydrogens (tertiary/aromatic N) is 2. The van der Waals surface area contributed by atoms with E-state index in [9.17, 15) is 0 Å². The summed E-state index contributed by atoms with van der Waals surface area (Å²) in [7, 11) is 0. The average molecular weight is 372 g/mol. The van der Waals surface area contributed by atoms with Crippen LogP contribution in [0, 0.1) is 18.8 Å². The molecule has 0 aromatic heterocycles. The van der Waals surface area contributed by atoms with Gasteiger partial charge in [0.25, 0.3) is 0 Å². The average Bonchev–Trinajstić information content (AvgIpc) is 2.76. The monoisotopic (exact) mass is 371 g/mol. The number of aryl methyl sites for hydroxylation is 1. The quantitative estimate of drug-likeness (QED) is 0.863. The van der Waals surface area contributed by atoms with Gasteiger partial charge in [-0.3, -0.25) is 4.90 Å². The van der Waals surface area contributed by atoms with Gasteiger partial charge in [0.1, 0.15) is 0 Å². The molecule has 0 amide bonds. The second-order valence-corrected chi connectivity index (χ2v) is 7.69. The summed E-state index contributed by atoms with van der Waals surface area (Å²) >= 11 is 0. The Bertz CT molecular complexity index is 517. The van der Waals surface area contributed by atoms with E-state index in [1.165, 1.54) is 63.1 Å². The van der Waals surface area contributed by atoms with E-state index in [0.29, 0.717) is 6.04 Å². The number of anilines is 1. The standard InChI is InChI=1S/C19H29N3.2ClH/c1-14-3-2-4-18(11-14)21-9-7-17(8-10-21)22-12-15-5-6-16(13-22)19(15)20;;/h2-4,11,15-17,19H,5-10,12-13,20H2,1H3;2*1H/t15-,16+,19?;;. The predicted molar refractivity (Wildman–Crippen MR) is 107 cm³/mol. The highest BCUT2D eigenvalue weighted by molar-refractivity contribution is 5.85. The number of likely N-dealkylation sites (tertiary alicyclic amines) is 1. The first-order chi connectivity index (χ1) is 10.7. The van der Waals surface area contributed by atoms with E-state index in [0.717, 1.165) is 17.9 Å². The largest absolute Gasteiger partial charge is 0.371 e. The highest BCUT2D eigenvalue weighted by atomic mass is 35.5. The van der Waals surface area contributed by atoms with Gasteiger partial charge in [0.05, 0.1) is 0 Å². The van der Waals surface area contributed by atoms with Crippen molar-refractivity contribution in [1.82, 2.24) is 4.90 Å². The van der Waals surface area contributed by atoms with Crippen LogP contribution in [0.3, 0.4) is 0 Å². The Labute approximate surface area is 158 Å². The molecule has 24 heavy (non-hydrogen) atoms. The molecule has 1 aliphatic carbocycles. The van der Waals surface area contributed by atoms with Gasteiger partial charge in [-0.05, 0) is 62.1 Å². The van der Waals surface area contributed by atoms with Crippen LogP contribution in [0.15, 0.2) is 24.3 Å². The number of piperidine rings is 2. The van der Waals surface area contributed by atoms with Crippen molar-refractivity contribution in [3.8, 4) is 0 Å². The lowest BCUT2D eigenvalue weighted by atomic mass is 9.90. The first kappa shape index (κ1) is 19.8. The normalized spacial score (nSPS) is 30.6. The van der Waals surface area contributed by atoms with Crippen molar-refractivity contribution in [2.75, 3.05) is 31.1 Å². The Morgan fingerprint density at radius 1 is 0.958 bits per heavy atom. The number of nitrogens with two attached hydrogens (primary N) is 1. The number of rotatable bonds is 2. The van der Waals surface area contributed by atoms with Gasteiger partial charge in [-0.1, -0.05) is 12.1 Å². The molecule has 3 atom stereocenters. The van der Waals surface area contributed by atoms with Gasteiger partial charge in [-0.15, -0.1) is 24.8 Å². The number of benzene rings is 1. The zero-order chi connectivity index (χ0) is 15.1. The molecule has 2 bridgehead atoms. The smallest absolute Gasteiger partial charge is 0.0368 e. The molecule has 1 unspecified atom stereocenters. The Hall–Kier alpha value is -0.480. The van der Waals surface area contributed by atoms with Crippen LogP contribution in [0.4, 0.5) is 5.69 Å². The lowest BCUT2D eigenvalue weighted by Gasteiger charge is -2.44. The maximum atomic E-state index is 6.35. The van der Waals surface area contributed by atoms with E-state index >= 15 is 0 Å². The molecule has 4 rings (SSSR count).